The molecule has 0 bridgehead atoms. The van der Waals surface area contributed by atoms with Crippen LogP contribution in [-0.2, 0) is 26.7 Å². The highest BCUT2D eigenvalue weighted by atomic mass is 32.2. The fraction of sp³-hybridized carbons (Fsp3) is 0.317. The number of ether oxygens (including phenoxy) is 3. The van der Waals surface area contributed by atoms with Crippen molar-refractivity contribution in [1.82, 2.24) is 20.2 Å². The zero-order valence-corrected chi connectivity index (χ0v) is 33.5. The maximum Gasteiger partial charge on any atom is 0.324 e. The molecule has 4 aromatic carbocycles. The van der Waals surface area contributed by atoms with E-state index in [-0.39, 0.29) is 28.9 Å². The van der Waals surface area contributed by atoms with E-state index < -0.39 is 21.5 Å². The monoisotopic (exact) mass is 796 g/mol. The van der Waals surface area contributed by atoms with E-state index in [4.69, 9.17) is 19.9 Å². The molecule has 3 amide bonds. The second-order valence-corrected chi connectivity index (χ2v) is 16.3. The standard InChI is InChI=1S/C41H48N8O7S/c1-41(2,3)29-24-32(47-57(5,52)53)37(54-4)34(25-29)49(39(42)51)33-13-14-35(31-12-7-6-11-30(31)33)56-36-15-16-44-40(46-36)45-26-27-9-8-10-28(23-27)38(50)43-17-18-48-19-21-55-22-20-48/h6-16,23-25,47H,17-22,26H2,1-5H3,(H2,42,51)(H,43,50)(H,44,45,46). The van der Waals surface area contributed by atoms with Gasteiger partial charge in [-0.3, -0.25) is 19.3 Å². The van der Waals surface area contributed by atoms with Crippen molar-refractivity contribution < 1.29 is 32.2 Å². The average molecular weight is 797 g/mol. The number of hydrogen-bond acceptors (Lipinski definition) is 11. The Morgan fingerprint density at radius 3 is 2.42 bits per heavy atom. The van der Waals surface area contributed by atoms with Gasteiger partial charge in [-0.05, 0) is 52.9 Å². The van der Waals surface area contributed by atoms with Crippen molar-refractivity contribution in [2.24, 2.45) is 5.73 Å². The number of benzene rings is 4. The lowest BCUT2D eigenvalue weighted by Gasteiger charge is -2.29. The highest BCUT2D eigenvalue weighted by Crippen LogP contribution is 2.46. The molecule has 300 valence electrons. The zero-order valence-electron chi connectivity index (χ0n) is 32.7. The number of sulfonamides is 1. The number of aromatic nitrogens is 2. The number of nitrogens with two attached hydrogens (primary N) is 1. The van der Waals surface area contributed by atoms with Gasteiger partial charge in [-0.25, -0.2) is 18.2 Å². The van der Waals surface area contributed by atoms with Crippen LogP contribution >= 0.6 is 0 Å². The fourth-order valence-electron chi connectivity index (χ4n) is 6.46. The van der Waals surface area contributed by atoms with Crippen molar-refractivity contribution >= 4 is 55.7 Å². The number of methoxy groups -OCH3 is 1. The molecule has 0 saturated carbocycles. The molecule has 2 heterocycles. The van der Waals surface area contributed by atoms with E-state index in [0.717, 1.165) is 37.0 Å². The summed E-state index contributed by atoms with van der Waals surface area (Å²) in [5, 5.41) is 7.48. The van der Waals surface area contributed by atoms with Crippen LogP contribution in [0.4, 0.5) is 27.8 Å². The van der Waals surface area contributed by atoms with Gasteiger partial charge in [0.25, 0.3) is 5.91 Å². The minimum Gasteiger partial charge on any atom is -0.492 e. The van der Waals surface area contributed by atoms with Crippen LogP contribution in [-0.4, -0.2) is 88.0 Å². The number of morpholine rings is 1. The molecule has 0 unspecified atom stereocenters. The maximum atomic E-state index is 13.4. The Bertz CT molecular complexity index is 2360. The Balaban J connectivity index is 1.22. The largest absolute Gasteiger partial charge is 0.492 e. The summed E-state index contributed by atoms with van der Waals surface area (Å²) < 4.78 is 44.7. The first kappa shape index (κ1) is 40.7. The second kappa shape index (κ2) is 17.4. The van der Waals surface area contributed by atoms with Gasteiger partial charge in [-0.15, -0.1) is 0 Å². The third-order valence-electron chi connectivity index (χ3n) is 9.30. The molecule has 6 rings (SSSR count). The van der Waals surface area contributed by atoms with Crippen molar-refractivity contribution in [3.8, 4) is 17.4 Å². The molecule has 0 radical (unpaired) electrons. The van der Waals surface area contributed by atoms with E-state index in [1.807, 2.05) is 63.2 Å². The van der Waals surface area contributed by atoms with Gasteiger partial charge in [0, 0.05) is 61.3 Å². The molecule has 1 aromatic heterocycles. The van der Waals surface area contributed by atoms with Gasteiger partial charge in [0.05, 0.1) is 43.6 Å². The van der Waals surface area contributed by atoms with Gasteiger partial charge >= 0.3 is 6.03 Å². The first-order valence-electron chi connectivity index (χ1n) is 18.4. The molecule has 1 fully saturated rings. The number of amides is 3. The third-order valence-corrected chi connectivity index (χ3v) is 9.89. The van der Waals surface area contributed by atoms with E-state index in [1.165, 1.54) is 12.0 Å². The number of hydrogen-bond donors (Lipinski definition) is 4. The number of carbonyl (C=O) groups is 2. The Kier molecular flexibility index (Phi) is 12.5. The quantitative estimate of drug-likeness (QED) is 0.103. The number of urea groups is 1. The summed E-state index contributed by atoms with van der Waals surface area (Å²) in [5.41, 5.74) is 8.65. The first-order valence-corrected chi connectivity index (χ1v) is 20.3. The second-order valence-electron chi connectivity index (χ2n) is 14.6. The van der Waals surface area contributed by atoms with Crippen molar-refractivity contribution in [2.75, 3.05) is 67.7 Å². The predicted octanol–water partition coefficient (Wildman–Crippen LogP) is 5.99. The molecular formula is C41H48N8O7S. The molecule has 0 atom stereocenters. The predicted molar refractivity (Wildman–Crippen MR) is 221 cm³/mol. The van der Waals surface area contributed by atoms with Gasteiger partial charge in [-0.1, -0.05) is 57.2 Å². The number of carbonyl (C=O) groups excluding carboxylic acids is 2. The Morgan fingerprint density at radius 2 is 1.72 bits per heavy atom. The smallest absolute Gasteiger partial charge is 0.324 e. The Hall–Kier alpha value is -5.97. The highest BCUT2D eigenvalue weighted by Gasteiger charge is 2.28. The van der Waals surface area contributed by atoms with Crippen LogP contribution in [0, 0.1) is 0 Å². The molecule has 1 aliphatic heterocycles. The van der Waals surface area contributed by atoms with E-state index in [9.17, 15) is 18.0 Å². The molecule has 16 heteroatoms. The first-order chi connectivity index (χ1) is 27.2. The van der Waals surface area contributed by atoms with Crippen molar-refractivity contribution in [1.29, 1.82) is 0 Å². The van der Waals surface area contributed by atoms with Crippen LogP contribution in [0.2, 0.25) is 0 Å². The van der Waals surface area contributed by atoms with Gasteiger partial charge in [0.1, 0.15) is 5.75 Å². The topological polar surface area (TPSA) is 190 Å². The molecule has 1 aliphatic rings. The van der Waals surface area contributed by atoms with Crippen LogP contribution in [0.15, 0.2) is 85.1 Å². The number of primary amides is 1. The molecule has 0 aliphatic carbocycles. The maximum absolute atomic E-state index is 13.4. The van der Waals surface area contributed by atoms with Crippen LogP contribution in [0.3, 0.4) is 0 Å². The number of nitrogens with zero attached hydrogens (tertiary/aromatic N) is 4. The molecule has 5 N–H and O–H groups in total. The molecule has 57 heavy (non-hydrogen) atoms. The van der Waals surface area contributed by atoms with Gasteiger partial charge in [0.2, 0.25) is 21.9 Å². The van der Waals surface area contributed by atoms with Gasteiger partial charge < -0.3 is 30.6 Å². The summed E-state index contributed by atoms with van der Waals surface area (Å²) in [7, 11) is -2.32. The van der Waals surface area contributed by atoms with Crippen LogP contribution < -0.4 is 35.5 Å². The van der Waals surface area contributed by atoms with Crippen molar-refractivity contribution in [3.63, 3.8) is 0 Å². The third kappa shape index (κ3) is 10.3. The summed E-state index contributed by atoms with van der Waals surface area (Å²) >= 11 is 0. The van der Waals surface area contributed by atoms with Crippen LogP contribution in [0.5, 0.6) is 17.4 Å². The summed E-state index contributed by atoms with van der Waals surface area (Å²) in [6.07, 6.45) is 2.62. The number of rotatable bonds is 14. The number of fused-ring (bicyclic) bond motifs is 1. The van der Waals surface area contributed by atoms with Crippen molar-refractivity contribution in [3.05, 3.63) is 102 Å². The molecule has 1 saturated heterocycles. The molecule has 15 nitrogen and oxygen atoms in total. The SMILES string of the molecule is COc1c(NS(C)(=O)=O)cc(C(C)(C)C)cc1N(C(N)=O)c1ccc(Oc2ccnc(NCc3cccc(C(=O)NCCN4CCOCC4)c3)n2)c2ccccc12. The molecule has 5 aromatic rings. The lowest BCUT2D eigenvalue weighted by Crippen LogP contribution is -2.41. The van der Waals surface area contributed by atoms with Crippen molar-refractivity contribution in [2.45, 2.75) is 32.7 Å². The number of anilines is 4. The Morgan fingerprint density at radius 1 is 0.965 bits per heavy atom. The summed E-state index contributed by atoms with van der Waals surface area (Å²) in [4.78, 5) is 38.7. The van der Waals surface area contributed by atoms with Crippen LogP contribution in [0.25, 0.3) is 10.8 Å². The van der Waals surface area contributed by atoms with Gasteiger partial charge in [-0.2, -0.15) is 4.98 Å². The fourth-order valence-corrected chi connectivity index (χ4v) is 7.02. The average Bonchev–Trinajstić information content (AvgIpc) is 3.17. The summed E-state index contributed by atoms with van der Waals surface area (Å²) in [5.74, 6) is 1.01. The summed E-state index contributed by atoms with van der Waals surface area (Å²) in [6, 6.07) is 22.4. The lowest BCUT2D eigenvalue weighted by molar-refractivity contribution is 0.0383. The lowest BCUT2D eigenvalue weighted by atomic mass is 9.86. The van der Waals surface area contributed by atoms with Gasteiger partial charge in [0.15, 0.2) is 5.75 Å². The van der Waals surface area contributed by atoms with E-state index >= 15 is 0 Å². The van der Waals surface area contributed by atoms with Crippen LogP contribution in [0.1, 0.15) is 42.3 Å². The summed E-state index contributed by atoms with van der Waals surface area (Å²) in [6.45, 7) is 10.8. The normalized spacial score (nSPS) is 13.5. The minimum atomic E-state index is -3.72. The zero-order chi connectivity index (χ0) is 40.7. The highest BCUT2D eigenvalue weighted by molar-refractivity contribution is 7.92. The minimum absolute atomic E-state index is 0.118. The van der Waals surface area contributed by atoms with E-state index in [0.29, 0.717) is 60.0 Å². The number of nitrogens with one attached hydrogen (secondary N) is 3. The van der Waals surface area contributed by atoms with E-state index in [1.54, 1.807) is 42.6 Å². The Labute approximate surface area is 332 Å². The molecular weight excluding hydrogens is 749 g/mol. The van der Waals surface area contributed by atoms with E-state index in [2.05, 4.69) is 30.2 Å². The molecule has 0 spiro atoms.